The zero-order valence-corrected chi connectivity index (χ0v) is 13.3. The number of aromatic nitrogens is 2. The van der Waals surface area contributed by atoms with E-state index in [0.717, 1.165) is 29.6 Å². The third kappa shape index (κ3) is 4.08. The van der Waals surface area contributed by atoms with Crippen LogP contribution >= 0.6 is 11.8 Å². The van der Waals surface area contributed by atoms with E-state index in [0.29, 0.717) is 11.1 Å². The maximum Gasteiger partial charge on any atom is 0.262 e. The Hall–Kier alpha value is -1.33. The number of oxazole rings is 1. The molecule has 0 fully saturated rings. The van der Waals surface area contributed by atoms with Crippen molar-refractivity contribution in [2.45, 2.75) is 44.5 Å². The molecule has 2 aromatic heterocycles. The highest BCUT2D eigenvalue weighted by molar-refractivity contribution is 7.99. The maximum absolute atomic E-state index is 5.61. The zero-order chi connectivity index (χ0) is 14.5. The molecule has 0 aliphatic heterocycles. The van der Waals surface area contributed by atoms with Crippen molar-refractivity contribution >= 4 is 11.8 Å². The lowest BCUT2D eigenvalue weighted by Gasteiger charge is -2.09. The van der Waals surface area contributed by atoms with Gasteiger partial charge in [0.15, 0.2) is 0 Å². The van der Waals surface area contributed by atoms with Gasteiger partial charge in [0, 0.05) is 12.7 Å². The third-order valence-electron chi connectivity index (χ3n) is 2.91. The molecular formula is C15H21N3OS. The minimum atomic E-state index is 0.639. The Bertz CT molecular complexity index is 546. The van der Waals surface area contributed by atoms with Crippen molar-refractivity contribution in [2.75, 3.05) is 6.54 Å². The fourth-order valence-corrected chi connectivity index (χ4v) is 2.62. The van der Waals surface area contributed by atoms with Gasteiger partial charge in [-0.3, -0.25) is 0 Å². The summed E-state index contributed by atoms with van der Waals surface area (Å²) in [6.45, 7) is 10.1. The lowest BCUT2D eigenvalue weighted by atomic mass is 10.2. The van der Waals surface area contributed by atoms with Gasteiger partial charge in [-0.15, -0.1) is 0 Å². The Labute approximate surface area is 124 Å². The quantitative estimate of drug-likeness (QED) is 0.881. The summed E-state index contributed by atoms with van der Waals surface area (Å²) < 4.78 is 5.61. The molecule has 0 aliphatic carbocycles. The second-order valence-corrected chi connectivity index (χ2v) is 6.16. The summed E-state index contributed by atoms with van der Waals surface area (Å²) in [5.41, 5.74) is 2.11. The van der Waals surface area contributed by atoms with E-state index in [1.807, 2.05) is 19.9 Å². The van der Waals surface area contributed by atoms with Crippen LogP contribution in [0.2, 0.25) is 0 Å². The number of aryl methyl sites for hydroxylation is 2. The number of nitrogens with one attached hydrogen (secondary N) is 1. The number of hydrogen-bond donors (Lipinski definition) is 1. The molecule has 0 aromatic carbocycles. The average molecular weight is 291 g/mol. The van der Waals surface area contributed by atoms with Crippen LogP contribution < -0.4 is 5.32 Å². The number of pyridine rings is 1. The molecule has 0 atom stereocenters. The van der Waals surface area contributed by atoms with Crippen molar-refractivity contribution in [2.24, 2.45) is 5.92 Å². The molecule has 5 heteroatoms. The van der Waals surface area contributed by atoms with Crippen LogP contribution in [0.15, 0.2) is 33.0 Å². The van der Waals surface area contributed by atoms with E-state index in [1.165, 1.54) is 17.3 Å². The Morgan fingerprint density at radius 2 is 2.15 bits per heavy atom. The van der Waals surface area contributed by atoms with Crippen LogP contribution in [0.3, 0.4) is 0 Å². The van der Waals surface area contributed by atoms with Crippen LogP contribution in [0.5, 0.6) is 0 Å². The first-order valence-corrected chi connectivity index (χ1v) is 7.64. The summed E-state index contributed by atoms with van der Waals surface area (Å²) in [5, 5.41) is 5.04. The fourth-order valence-electron chi connectivity index (χ4n) is 1.72. The largest absolute Gasteiger partial charge is 0.436 e. The zero-order valence-electron chi connectivity index (χ0n) is 12.4. The van der Waals surface area contributed by atoms with E-state index in [-0.39, 0.29) is 0 Å². The third-order valence-corrected chi connectivity index (χ3v) is 3.82. The van der Waals surface area contributed by atoms with Crippen LogP contribution in [0, 0.1) is 19.8 Å². The summed E-state index contributed by atoms with van der Waals surface area (Å²) in [7, 11) is 0. The second kappa shape index (κ2) is 6.90. The molecular weight excluding hydrogens is 270 g/mol. The van der Waals surface area contributed by atoms with Gasteiger partial charge in [0.1, 0.15) is 10.8 Å². The van der Waals surface area contributed by atoms with Crippen LogP contribution in [0.25, 0.3) is 0 Å². The molecule has 0 radical (unpaired) electrons. The van der Waals surface area contributed by atoms with E-state index in [4.69, 9.17) is 4.42 Å². The number of nitrogens with zero attached hydrogens (tertiary/aromatic N) is 2. The standard InChI is InChI=1S/C15H21N3OS/c1-10(2)8-16-9-13-6-5-7-17-14(13)20-15-18-11(3)12(4)19-15/h5-7,10,16H,8-9H2,1-4H3. The van der Waals surface area contributed by atoms with Crippen LogP contribution in [0.4, 0.5) is 0 Å². The highest BCUT2D eigenvalue weighted by Gasteiger charge is 2.11. The lowest BCUT2D eigenvalue weighted by molar-refractivity contribution is 0.430. The molecule has 20 heavy (non-hydrogen) atoms. The molecule has 0 unspecified atom stereocenters. The average Bonchev–Trinajstić information content (AvgIpc) is 2.70. The molecule has 0 saturated heterocycles. The summed E-state index contributed by atoms with van der Waals surface area (Å²) >= 11 is 1.48. The monoisotopic (exact) mass is 291 g/mol. The highest BCUT2D eigenvalue weighted by atomic mass is 32.2. The van der Waals surface area contributed by atoms with Crippen molar-refractivity contribution in [3.05, 3.63) is 35.3 Å². The van der Waals surface area contributed by atoms with E-state index in [9.17, 15) is 0 Å². The first-order valence-electron chi connectivity index (χ1n) is 6.82. The van der Waals surface area contributed by atoms with Gasteiger partial charge >= 0.3 is 0 Å². The SMILES string of the molecule is Cc1nc(Sc2ncccc2CNCC(C)C)oc1C. The van der Waals surface area contributed by atoms with Gasteiger partial charge in [-0.05, 0) is 49.7 Å². The van der Waals surface area contributed by atoms with Crippen molar-refractivity contribution in [3.8, 4) is 0 Å². The highest BCUT2D eigenvalue weighted by Crippen LogP contribution is 2.29. The maximum atomic E-state index is 5.61. The predicted molar refractivity (Wildman–Crippen MR) is 80.9 cm³/mol. The molecule has 4 nitrogen and oxygen atoms in total. The first-order chi connectivity index (χ1) is 9.56. The minimum absolute atomic E-state index is 0.639. The van der Waals surface area contributed by atoms with Gasteiger partial charge in [0.2, 0.25) is 0 Å². The van der Waals surface area contributed by atoms with Gasteiger partial charge in [0.25, 0.3) is 5.22 Å². The van der Waals surface area contributed by atoms with E-state index in [1.54, 1.807) is 6.20 Å². The fraction of sp³-hybridized carbons (Fsp3) is 0.467. The van der Waals surface area contributed by atoms with Gasteiger partial charge in [0.05, 0.1) is 5.69 Å². The molecule has 2 rings (SSSR count). The predicted octanol–water partition coefficient (Wildman–Crippen LogP) is 3.58. The van der Waals surface area contributed by atoms with Crippen LogP contribution in [0.1, 0.15) is 30.9 Å². The Kier molecular flexibility index (Phi) is 5.20. The lowest BCUT2D eigenvalue weighted by Crippen LogP contribution is -2.19. The summed E-state index contributed by atoms with van der Waals surface area (Å²) in [6, 6.07) is 4.05. The van der Waals surface area contributed by atoms with Crippen LogP contribution in [-0.4, -0.2) is 16.5 Å². The van der Waals surface area contributed by atoms with Crippen molar-refractivity contribution < 1.29 is 4.42 Å². The van der Waals surface area contributed by atoms with E-state index < -0.39 is 0 Å². The van der Waals surface area contributed by atoms with Crippen LogP contribution in [-0.2, 0) is 6.54 Å². The van der Waals surface area contributed by atoms with Crippen molar-refractivity contribution in [1.82, 2.24) is 15.3 Å². The number of rotatable bonds is 6. The summed E-state index contributed by atoms with van der Waals surface area (Å²) in [6.07, 6.45) is 1.80. The summed E-state index contributed by atoms with van der Waals surface area (Å²) in [4.78, 5) is 8.82. The van der Waals surface area contributed by atoms with Gasteiger partial charge in [-0.25, -0.2) is 9.97 Å². The van der Waals surface area contributed by atoms with Crippen molar-refractivity contribution in [1.29, 1.82) is 0 Å². The Balaban J connectivity index is 2.07. The topological polar surface area (TPSA) is 51.0 Å². The van der Waals surface area contributed by atoms with Gasteiger partial charge in [-0.1, -0.05) is 19.9 Å². The smallest absolute Gasteiger partial charge is 0.262 e. The molecule has 2 aromatic rings. The molecule has 108 valence electrons. The Morgan fingerprint density at radius 3 is 2.80 bits per heavy atom. The number of hydrogen-bond acceptors (Lipinski definition) is 5. The van der Waals surface area contributed by atoms with Crippen molar-refractivity contribution in [3.63, 3.8) is 0 Å². The Morgan fingerprint density at radius 1 is 1.35 bits per heavy atom. The molecule has 0 amide bonds. The molecule has 0 bridgehead atoms. The van der Waals surface area contributed by atoms with E-state index in [2.05, 4.69) is 35.2 Å². The normalized spacial score (nSPS) is 11.2. The molecule has 0 aliphatic rings. The minimum Gasteiger partial charge on any atom is -0.436 e. The van der Waals surface area contributed by atoms with Gasteiger partial charge < -0.3 is 9.73 Å². The van der Waals surface area contributed by atoms with Gasteiger partial charge in [-0.2, -0.15) is 0 Å². The molecule has 0 spiro atoms. The molecule has 0 saturated carbocycles. The molecule has 2 heterocycles. The summed E-state index contributed by atoms with van der Waals surface area (Å²) in [5.74, 6) is 1.50. The van der Waals surface area contributed by atoms with E-state index >= 15 is 0 Å². The molecule has 1 N–H and O–H groups in total. The second-order valence-electron chi connectivity index (χ2n) is 5.22. The first kappa shape index (κ1) is 15.1.